The van der Waals surface area contributed by atoms with E-state index in [0.717, 1.165) is 19.4 Å². The summed E-state index contributed by atoms with van der Waals surface area (Å²) in [5, 5.41) is 20.8. The van der Waals surface area contributed by atoms with Crippen LogP contribution < -0.4 is 5.73 Å². The molecule has 0 aliphatic carbocycles. The van der Waals surface area contributed by atoms with Crippen LogP contribution in [0.2, 0.25) is 0 Å². The summed E-state index contributed by atoms with van der Waals surface area (Å²) in [5.74, 6) is 0.203. The highest BCUT2D eigenvalue weighted by atomic mass is 16.4. The quantitative estimate of drug-likeness (QED) is 0.237. The van der Waals surface area contributed by atoms with Gasteiger partial charge in [0.05, 0.1) is 12.1 Å². The van der Waals surface area contributed by atoms with Gasteiger partial charge in [-0.3, -0.25) is 4.90 Å². The highest BCUT2D eigenvalue weighted by Crippen LogP contribution is 2.12. The van der Waals surface area contributed by atoms with Crippen LogP contribution in [0.1, 0.15) is 19.8 Å². The number of piperidine rings is 1. The van der Waals surface area contributed by atoms with E-state index in [1.807, 2.05) is 11.8 Å². The van der Waals surface area contributed by atoms with E-state index in [-0.39, 0.29) is 18.0 Å². The van der Waals surface area contributed by atoms with Crippen LogP contribution in [0.25, 0.3) is 0 Å². The summed E-state index contributed by atoms with van der Waals surface area (Å²) in [6.45, 7) is 3.37. The van der Waals surface area contributed by atoms with Crippen molar-refractivity contribution in [3.63, 3.8) is 0 Å². The number of aliphatic hydroxyl groups is 1. The molecule has 2 atom stereocenters. The summed E-state index contributed by atoms with van der Waals surface area (Å²) >= 11 is 0. The van der Waals surface area contributed by atoms with Gasteiger partial charge in [0.1, 0.15) is 0 Å². The predicted molar refractivity (Wildman–Crippen MR) is 49.7 cm³/mol. The zero-order chi connectivity index (χ0) is 9.84. The molecule has 0 spiro atoms. The zero-order valence-electron chi connectivity index (χ0n) is 7.85. The maximum atomic E-state index is 9.40. The lowest BCUT2D eigenvalue weighted by atomic mass is 10.1. The molecule has 0 aromatic heterocycles. The van der Waals surface area contributed by atoms with Crippen molar-refractivity contribution in [2.45, 2.75) is 31.9 Å². The third kappa shape index (κ3) is 2.57. The SMILES string of the molecule is CC(/C(N)=N/O)N1CCCC(O)C1. The molecule has 1 aliphatic rings. The van der Waals surface area contributed by atoms with Gasteiger partial charge in [-0.1, -0.05) is 5.16 Å². The van der Waals surface area contributed by atoms with Crippen molar-refractivity contribution in [1.82, 2.24) is 4.90 Å². The van der Waals surface area contributed by atoms with Gasteiger partial charge >= 0.3 is 0 Å². The van der Waals surface area contributed by atoms with E-state index in [9.17, 15) is 5.11 Å². The second-order valence-corrected chi connectivity index (χ2v) is 3.49. The average molecular weight is 187 g/mol. The number of nitrogens with zero attached hydrogens (tertiary/aromatic N) is 2. The van der Waals surface area contributed by atoms with E-state index in [0.29, 0.717) is 6.54 Å². The molecule has 1 aliphatic heterocycles. The van der Waals surface area contributed by atoms with Gasteiger partial charge in [0.2, 0.25) is 0 Å². The normalized spacial score (nSPS) is 28.8. The lowest BCUT2D eigenvalue weighted by Gasteiger charge is -2.33. The fourth-order valence-corrected chi connectivity index (χ4v) is 1.61. The number of oxime groups is 1. The Morgan fingerprint density at radius 1 is 1.69 bits per heavy atom. The third-order valence-electron chi connectivity index (χ3n) is 2.52. The Balaban J connectivity index is 2.50. The van der Waals surface area contributed by atoms with E-state index in [1.54, 1.807) is 0 Å². The first-order chi connectivity index (χ1) is 6.15. The molecule has 1 fully saturated rings. The summed E-state index contributed by atoms with van der Waals surface area (Å²) in [6, 6.07) is -0.0973. The summed E-state index contributed by atoms with van der Waals surface area (Å²) in [7, 11) is 0. The minimum Gasteiger partial charge on any atom is -0.409 e. The van der Waals surface area contributed by atoms with E-state index >= 15 is 0 Å². The highest BCUT2D eigenvalue weighted by molar-refractivity contribution is 5.84. The molecule has 2 unspecified atom stereocenters. The molecular weight excluding hydrogens is 170 g/mol. The molecule has 76 valence electrons. The number of β-amino-alcohol motifs (C(OH)–C–C–N with tert-alkyl or cyclic N) is 1. The fourth-order valence-electron chi connectivity index (χ4n) is 1.61. The van der Waals surface area contributed by atoms with Gasteiger partial charge in [0.25, 0.3) is 0 Å². The van der Waals surface area contributed by atoms with Gasteiger partial charge in [-0.05, 0) is 26.3 Å². The minimum absolute atomic E-state index is 0.0973. The van der Waals surface area contributed by atoms with Crippen LogP contribution in [0, 0.1) is 0 Å². The van der Waals surface area contributed by atoms with E-state index in [1.165, 1.54) is 0 Å². The first-order valence-corrected chi connectivity index (χ1v) is 4.54. The van der Waals surface area contributed by atoms with Crippen molar-refractivity contribution in [2.75, 3.05) is 13.1 Å². The molecule has 13 heavy (non-hydrogen) atoms. The molecule has 5 heteroatoms. The standard InChI is InChI=1S/C8H17N3O2/c1-6(8(9)10-13)11-4-2-3-7(12)5-11/h6-7,12-13H,2-5H2,1H3,(H2,9,10). The smallest absolute Gasteiger partial charge is 0.156 e. The van der Waals surface area contributed by atoms with Crippen molar-refractivity contribution < 1.29 is 10.3 Å². The van der Waals surface area contributed by atoms with Crippen LogP contribution >= 0.6 is 0 Å². The Morgan fingerprint density at radius 3 is 2.92 bits per heavy atom. The molecule has 0 saturated carbocycles. The maximum Gasteiger partial charge on any atom is 0.156 e. The third-order valence-corrected chi connectivity index (χ3v) is 2.52. The second-order valence-electron chi connectivity index (χ2n) is 3.49. The number of rotatable bonds is 2. The Morgan fingerprint density at radius 2 is 2.38 bits per heavy atom. The van der Waals surface area contributed by atoms with Gasteiger partial charge in [0.15, 0.2) is 5.84 Å². The lowest BCUT2D eigenvalue weighted by molar-refractivity contribution is 0.0631. The molecule has 1 heterocycles. The fraction of sp³-hybridized carbons (Fsp3) is 0.875. The molecule has 0 amide bonds. The van der Waals surface area contributed by atoms with Gasteiger partial charge in [0, 0.05) is 6.54 Å². The molecule has 0 radical (unpaired) electrons. The van der Waals surface area contributed by atoms with Crippen LogP contribution in [0.15, 0.2) is 5.16 Å². The number of amidine groups is 1. The summed E-state index contributed by atoms with van der Waals surface area (Å²) in [6.07, 6.45) is 1.53. The first-order valence-electron chi connectivity index (χ1n) is 4.54. The van der Waals surface area contributed by atoms with Crippen LogP contribution in [0.4, 0.5) is 0 Å². The number of hydrogen-bond acceptors (Lipinski definition) is 4. The van der Waals surface area contributed by atoms with Crippen LogP contribution in [0.5, 0.6) is 0 Å². The van der Waals surface area contributed by atoms with Crippen LogP contribution in [0.3, 0.4) is 0 Å². The Bertz CT molecular complexity index is 196. The molecule has 5 nitrogen and oxygen atoms in total. The molecule has 4 N–H and O–H groups in total. The number of aliphatic hydroxyl groups excluding tert-OH is 1. The zero-order valence-corrected chi connectivity index (χ0v) is 7.85. The highest BCUT2D eigenvalue weighted by Gasteiger charge is 2.23. The number of likely N-dealkylation sites (tertiary alicyclic amines) is 1. The van der Waals surface area contributed by atoms with Crippen molar-refractivity contribution in [2.24, 2.45) is 10.9 Å². The molecule has 0 aromatic carbocycles. The first kappa shape index (κ1) is 10.3. The Kier molecular flexibility index (Phi) is 3.50. The maximum absolute atomic E-state index is 9.40. The minimum atomic E-state index is -0.275. The van der Waals surface area contributed by atoms with Gasteiger partial charge in [-0.25, -0.2) is 0 Å². The number of hydrogen-bond donors (Lipinski definition) is 3. The van der Waals surface area contributed by atoms with Crippen molar-refractivity contribution in [1.29, 1.82) is 0 Å². The topological polar surface area (TPSA) is 82.1 Å². The van der Waals surface area contributed by atoms with Crippen molar-refractivity contribution >= 4 is 5.84 Å². The molecule has 1 rings (SSSR count). The predicted octanol–water partition coefficient (Wildman–Crippen LogP) is -0.422. The van der Waals surface area contributed by atoms with E-state index in [2.05, 4.69) is 5.16 Å². The Hall–Kier alpha value is -0.810. The lowest BCUT2D eigenvalue weighted by Crippen LogP contribution is -2.49. The van der Waals surface area contributed by atoms with Crippen LogP contribution in [-0.2, 0) is 0 Å². The van der Waals surface area contributed by atoms with E-state index < -0.39 is 0 Å². The van der Waals surface area contributed by atoms with Crippen molar-refractivity contribution in [3.05, 3.63) is 0 Å². The monoisotopic (exact) mass is 187 g/mol. The molecule has 1 saturated heterocycles. The average Bonchev–Trinajstić information content (AvgIpc) is 2.15. The van der Waals surface area contributed by atoms with Gasteiger partial charge in [-0.15, -0.1) is 0 Å². The van der Waals surface area contributed by atoms with Crippen LogP contribution in [-0.4, -0.2) is 46.3 Å². The van der Waals surface area contributed by atoms with Gasteiger partial charge < -0.3 is 16.0 Å². The summed E-state index contributed by atoms with van der Waals surface area (Å²) < 4.78 is 0. The second kappa shape index (κ2) is 4.43. The van der Waals surface area contributed by atoms with Gasteiger partial charge in [-0.2, -0.15) is 0 Å². The molecule has 0 aromatic rings. The Labute approximate surface area is 77.8 Å². The summed E-state index contributed by atoms with van der Waals surface area (Å²) in [5.41, 5.74) is 5.47. The van der Waals surface area contributed by atoms with E-state index in [4.69, 9.17) is 10.9 Å². The number of nitrogens with two attached hydrogens (primary N) is 1. The molecule has 0 bridgehead atoms. The van der Waals surface area contributed by atoms with Crippen molar-refractivity contribution in [3.8, 4) is 0 Å². The largest absolute Gasteiger partial charge is 0.409 e. The molecular formula is C8H17N3O2. The summed E-state index contributed by atoms with van der Waals surface area (Å²) in [4.78, 5) is 2.02.